The van der Waals surface area contributed by atoms with E-state index in [0.29, 0.717) is 11.4 Å². The number of carbonyl (C=O) groups is 2. The van der Waals surface area contributed by atoms with Crippen molar-refractivity contribution < 1.29 is 18.0 Å². The molecule has 10 heteroatoms. The molecule has 0 fully saturated rings. The highest BCUT2D eigenvalue weighted by molar-refractivity contribution is 7.92. The Hall–Kier alpha value is -3.07. The molecule has 1 atom stereocenters. The van der Waals surface area contributed by atoms with Gasteiger partial charge in [0.2, 0.25) is 11.8 Å². The van der Waals surface area contributed by atoms with Gasteiger partial charge in [0.15, 0.2) is 0 Å². The molecule has 0 aromatic heterocycles. The molecule has 0 saturated carbocycles. The van der Waals surface area contributed by atoms with Crippen LogP contribution in [0.3, 0.4) is 0 Å². The summed E-state index contributed by atoms with van der Waals surface area (Å²) in [4.78, 5) is 28.8. The molecular weight excluding hydrogens is 557 g/mol. The van der Waals surface area contributed by atoms with E-state index in [1.54, 1.807) is 18.2 Å². The SMILES string of the molecule is CC[C@H](C(=O)NC(C)(C)C)N(Cc1ccccc1)C(=O)CN(c1ccc(Cl)cc1Cl)S(=O)(=O)c1ccccc1. The Labute approximate surface area is 240 Å². The second-order valence-corrected chi connectivity index (χ2v) is 12.8. The van der Waals surface area contributed by atoms with Crippen molar-refractivity contribution in [2.75, 3.05) is 10.8 Å². The number of hydrogen-bond donors (Lipinski definition) is 1. The molecule has 7 nitrogen and oxygen atoms in total. The second kappa shape index (κ2) is 12.9. The highest BCUT2D eigenvalue weighted by Crippen LogP contribution is 2.33. The summed E-state index contributed by atoms with van der Waals surface area (Å²) in [5.41, 5.74) is 0.380. The summed E-state index contributed by atoms with van der Waals surface area (Å²) < 4.78 is 28.6. The molecule has 39 heavy (non-hydrogen) atoms. The third-order valence-corrected chi connectivity index (χ3v) is 8.18. The van der Waals surface area contributed by atoms with Gasteiger partial charge in [-0.15, -0.1) is 0 Å². The first-order valence-corrected chi connectivity index (χ1v) is 14.7. The van der Waals surface area contributed by atoms with Crippen molar-refractivity contribution in [2.45, 2.75) is 57.1 Å². The minimum atomic E-state index is -4.21. The summed E-state index contributed by atoms with van der Waals surface area (Å²) in [6.07, 6.45) is 0.327. The van der Waals surface area contributed by atoms with E-state index in [1.807, 2.05) is 58.0 Å². The summed E-state index contributed by atoms with van der Waals surface area (Å²) in [7, 11) is -4.21. The van der Waals surface area contributed by atoms with E-state index in [-0.39, 0.29) is 28.1 Å². The molecule has 0 heterocycles. The fourth-order valence-corrected chi connectivity index (χ4v) is 6.08. The standard InChI is InChI=1S/C29H33Cl2N3O4S/c1-5-25(28(36)32-29(2,3)4)33(19-21-12-8-6-9-13-21)27(35)20-34(26-17-16-22(30)18-24(26)31)39(37,38)23-14-10-7-11-15-23/h6-18,25H,5,19-20H2,1-4H3,(H,32,36)/t25-/m1/s1. The maximum Gasteiger partial charge on any atom is 0.264 e. The van der Waals surface area contributed by atoms with Gasteiger partial charge in [0.1, 0.15) is 12.6 Å². The van der Waals surface area contributed by atoms with E-state index < -0.39 is 34.1 Å². The molecular formula is C29H33Cl2N3O4S. The molecule has 0 radical (unpaired) electrons. The first-order chi connectivity index (χ1) is 18.3. The molecule has 0 aliphatic heterocycles. The summed E-state index contributed by atoms with van der Waals surface area (Å²) in [5, 5.41) is 3.34. The second-order valence-electron chi connectivity index (χ2n) is 10.1. The fourth-order valence-electron chi connectivity index (χ4n) is 4.07. The predicted molar refractivity (Wildman–Crippen MR) is 156 cm³/mol. The van der Waals surface area contributed by atoms with Crippen LogP contribution >= 0.6 is 23.2 Å². The van der Waals surface area contributed by atoms with Crippen LogP contribution in [0.15, 0.2) is 83.8 Å². The quantitative estimate of drug-likeness (QED) is 0.318. The van der Waals surface area contributed by atoms with Crippen molar-refractivity contribution in [3.05, 3.63) is 94.5 Å². The monoisotopic (exact) mass is 589 g/mol. The summed E-state index contributed by atoms with van der Waals surface area (Å²) in [5.74, 6) is -0.878. The zero-order valence-electron chi connectivity index (χ0n) is 22.4. The molecule has 3 aromatic rings. The number of halogens is 2. The summed E-state index contributed by atoms with van der Waals surface area (Å²) in [6, 6.07) is 20.6. The molecule has 208 valence electrons. The van der Waals surface area contributed by atoms with Gasteiger partial charge in [-0.1, -0.05) is 78.7 Å². The number of carbonyl (C=O) groups excluding carboxylic acids is 2. The van der Waals surface area contributed by atoms with Crippen molar-refractivity contribution in [2.24, 2.45) is 0 Å². The van der Waals surface area contributed by atoms with Crippen LogP contribution in [-0.4, -0.2) is 43.3 Å². The molecule has 1 N–H and O–H groups in total. The minimum absolute atomic E-state index is 0.00376. The average molecular weight is 591 g/mol. The Bertz CT molecular complexity index is 1400. The van der Waals surface area contributed by atoms with E-state index in [9.17, 15) is 18.0 Å². The molecule has 0 aliphatic carbocycles. The van der Waals surface area contributed by atoms with Gasteiger partial charge >= 0.3 is 0 Å². The number of amides is 2. The largest absolute Gasteiger partial charge is 0.350 e. The number of sulfonamides is 1. The number of benzene rings is 3. The summed E-state index contributed by atoms with van der Waals surface area (Å²) >= 11 is 12.5. The Morgan fingerprint density at radius 2 is 1.51 bits per heavy atom. The molecule has 2 amide bonds. The lowest BCUT2D eigenvalue weighted by atomic mass is 10.1. The summed E-state index contributed by atoms with van der Waals surface area (Å²) in [6.45, 7) is 6.92. The van der Waals surface area contributed by atoms with Crippen LogP contribution < -0.4 is 9.62 Å². The molecule has 0 aliphatic rings. The van der Waals surface area contributed by atoms with Crippen molar-refractivity contribution >= 4 is 50.7 Å². The van der Waals surface area contributed by atoms with Crippen molar-refractivity contribution in [1.29, 1.82) is 0 Å². The normalized spacial score (nSPS) is 12.5. The van der Waals surface area contributed by atoms with Crippen LogP contribution in [0.2, 0.25) is 10.0 Å². The molecule has 0 bridgehead atoms. The van der Waals surface area contributed by atoms with E-state index in [0.717, 1.165) is 9.87 Å². The van der Waals surface area contributed by atoms with Crippen LogP contribution in [0.1, 0.15) is 39.7 Å². The van der Waals surface area contributed by atoms with Gasteiger partial charge in [-0.2, -0.15) is 0 Å². The van der Waals surface area contributed by atoms with Gasteiger partial charge in [0.05, 0.1) is 15.6 Å². The Balaban J connectivity index is 2.08. The number of nitrogens with one attached hydrogen (secondary N) is 1. The van der Waals surface area contributed by atoms with Crippen LogP contribution in [-0.2, 0) is 26.2 Å². The Kier molecular flexibility index (Phi) is 10.0. The van der Waals surface area contributed by atoms with Crippen LogP contribution in [0, 0.1) is 0 Å². The van der Waals surface area contributed by atoms with Gasteiger partial charge in [-0.25, -0.2) is 8.42 Å². The van der Waals surface area contributed by atoms with Gasteiger partial charge in [0, 0.05) is 17.1 Å². The van der Waals surface area contributed by atoms with Crippen molar-refractivity contribution in [3.8, 4) is 0 Å². The van der Waals surface area contributed by atoms with E-state index in [4.69, 9.17) is 23.2 Å². The average Bonchev–Trinajstić information content (AvgIpc) is 2.87. The van der Waals surface area contributed by atoms with E-state index in [2.05, 4.69) is 5.32 Å². The number of anilines is 1. The lowest BCUT2D eigenvalue weighted by molar-refractivity contribution is -0.141. The lowest BCUT2D eigenvalue weighted by Crippen LogP contribution is -2.55. The highest BCUT2D eigenvalue weighted by Gasteiger charge is 2.35. The zero-order chi connectivity index (χ0) is 28.8. The van der Waals surface area contributed by atoms with Crippen LogP contribution in [0.25, 0.3) is 0 Å². The minimum Gasteiger partial charge on any atom is -0.350 e. The molecule has 0 saturated heterocycles. The Morgan fingerprint density at radius 1 is 0.923 bits per heavy atom. The highest BCUT2D eigenvalue weighted by atomic mass is 35.5. The Morgan fingerprint density at radius 3 is 2.05 bits per heavy atom. The maximum absolute atomic E-state index is 14.0. The lowest BCUT2D eigenvalue weighted by Gasteiger charge is -2.35. The number of rotatable bonds is 10. The third kappa shape index (κ3) is 7.97. The molecule has 3 rings (SSSR count). The molecule has 0 unspecified atom stereocenters. The van der Waals surface area contributed by atoms with Crippen LogP contribution in [0.4, 0.5) is 5.69 Å². The zero-order valence-corrected chi connectivity index (χ0v) is 24.7. The van der Waals surface area contributed by atoms with Gasteiger partial charge in [-0.05, 0) is 63.1 Å². The fraction of sp³-hybridized carbons (Fsp3) is 0.310. The van der Waals surface area contributed by atoms with E-state index >= 15 is 0 Å². The van der Waals surface area contributed by atoms with Gasteiger partial charge in [-0.3, -0.25) is 13.9 Å². The predicted octanol–water partition coefficient (Wildman–Crippen LogP) is 5.91. The maximum atomic E-state index is 14.0. The van der Waals surface area contributed by atoms with Crippen molar-refractivity contribution in [3.63, 3.8) is 0 Å². The topological polar surface area (TPSA) is 86.8 Å². The van der Waals surface area contributed by atoms with Crippen LogP contribution in [0.5, 0.6) is 0 Å². The van der Waals surface area contributed by atoms with E-state index in [1.165, 1.54) is 35.2 Å². The smallest absolute Gasteiger partial charge is 0.264 e. The first kappa shape index (κ1) is 30.5. The molecule has 3 aromatic carbocycles. The number of hydrogen-bond acceptors (Lipinski definition) is 4. The van der Waals surface area contributed by atoms with Gasteiger partial charge < -0.3 is 10.2 Å². The third-order valence-electron chi connectivity index (χ3n) is 5.87. The first-order valence-electron chi connectivity index (χ1n) is 12.5. The van der Waals surface area contributed by atoms with Crippen molar-refractivity contribution in [1.82, 2.24) is 10.2 Å². The number of nitrogens with zero attached hydrogens (tertiary/aromatic N) is 2. The molecule has 0 spiro atoms. The van der Waals surface area contributed by atoms with Gasteiger partial charge in [0.25, 0.3) is 10.0 Å².